The van der Waals surface area contributed by atoms with Crippen LogP contribution in [-0.4, -0.2) is 52.9 Å². The van der Waals surface area contributed by atoms with Crippen LogP contribution in [0.15, 0.2) is 18.2 Å². The normalized spacial score (nSPS) is 25.7. The van der Waals surface area contributed by atoms with Gasteiger partial charge in [0.05, 0.1) is 0 Å². The summed E-state index contributed by atoms with van der Waals surface area (Å²) in [6, 6.07) is 6.13. The van der Waals surface area contributed by atoms with Crippen LogP contribution in [0.4, 0.5) is 0 Å². The molecule has 3 atom stereocenters. The molecule has 2 heterocycles. The fourth-order valence-corrected chi connectivity index (χ4v) is 4.48. The van der Waals surface area contributed by atoms with Crippen molar-refractivity contribution in [2.24, 2.45) is 17.8 Å². The maximum absolute atomic E-state index is 12.9. The van der Waals surface area contributed by atoms with E-state index >= 15 is 0 Å². The first-order valence-electron chi connectivity index (χ1n) is 8.63. The Kier molecular flexibility index (Phi) is 5.31. The molecule has 3 unspecified atom stereocenters. The number of amides is 1. The average molecular weight is 426 g/mol. The summed E-state index contributed by atoms with van der Waals surface area (Å²) in [5.41, 5.74) is 3.12. The predicted molar refractivity (Wildman–Crippen MR) is 103 cm³/mol. The van der Waals surface area contributed by atoms with Crippen molar-refractivity contribution in [1.82, 2.24) is 9.80 Å². The first kappa shape index (κ1) is 17.2. The summed E-state index contributed by atoms with van der Waals surface area (Å²) in [5, 5.41) is 0. The molecule has 1 aromatic rings. The van der Waals surface area contributed by atoms with Crippen molar-refractivity contribution in [3.8, 4) is 0 Å². The number of aryl methyl sites for hydroxylation is 2. The van der Waals surface area contributed by atoms with Gasteiger partial charge in [0.2, 0.25) is 0 Å². The molecular formula is C19H27IN2O. The summed E-state index contributed by atoms with van der Waals surface area (Å²) in [4.78, 5) is 17.6. The van der Waals surface area contributed by atoms with Gasteiger partial charge in [-0.05, 0) is 42.7 Å². The van der Waals surface area contributed by atoms with Crippen LogP contribution in [0.25, 0.3) is 0 Å². The quantitative estimate of drug-likeness (QED) is 0.545. The maximum atomic E-state index is 12.9. The smallest absolute Gasteiger partial charge is 0.254 e. The minimum atomic E-state index is 0.238. The Morgan fingerprint density at radius 2 is 1.74 bits per heavy atom. The van der Waals surface area contributed by atoms with Gasteiger partial charge in [0.25, 0.3) is 5.91 Å². The van der Waals surface area contributed by atoms with E-state index in [4.69, 9.17) is 0 Å². The van der Waals surface area contributed by atoms with Crippen molar-refractivity contribution in [2.45, 2.75) is 20.8 Å². The van der Waals surface area contributed by atoms with Gasteiger partial charge in [0, 0.05) is 42.7 Å². The average Bonchev–Trinajstić information content (AvgIpc) is 3.04. The molecule has 0 bridgehead atoms. The highest BCUT2D eigenvalue weighted by Crippen LogP contribution is 2.33. The number of hydrogen-bond donors (Lipinski definition) is 0. The summed E-state index contributed by atoms with van der Waals surface area (Å²) in [6.45, 7) is 11.8. The zero-order valence-corrected chi connectivity index (χ0v) is 16.5. The van der Waals surface area contributed by atoms with E-state index in [9.17, 15) is 4.79 Å². The van der Waals surface area contributed by atoms with Crippen LogP contribution in [-0.2, 0) is 0 Å². The van der Waals surface area contributed by atoms with Gasteiger partial charge in [-0.1, -0.05) is 47.7 Å². The summed E-state index contributed by atoms with van der Waals surface area (Å²) in [6.07, 6.45) is 0. The molecule has 23 heavy (non-hydrogen) atoms. The third-order valence-corrected chi connectivity index (χ3v) is 6.88. The van der Waals surface area contributed by atoms with E-state index in [0.717, 1.165) is 35.7 Å². The van der Waals surface area contributed by atoms with Gasteiger partial charge in [-0.2, -0.15) is 0 Å². The molecule has 4 heteroatoms. The Hall–Kier alpha value is -0.620. The highest BCUT2D eigenvalue weighted by molar-refractivity contribution is 14.1. The SMILES string of the molecule is Cc1cccc(C)c1C(=O)N1CC2CN(CC(C)CI)CC2C1. The molecule has 1 amide bonds. The zero-order chi connectivity index (χ0) is 16.6. The van der Waals surface area contributed by atoms with Crippen LogP contribution in [0.2, 0.25) is 0 Å². The molecule has 3 nitrogen and oxygen atoms in total. The lowest BCUT2D eigenvalue weighted by Gasteiger charge is -2.24. The van der Waals surface area contributed by atoms with Gasteiger partial charge in [-0.3, -0.25) is 4.79 Å². The highest BCUT2D eigenvalue weighted by Gasteiger charge is 2.42. The third kappa shape index (κ3) is 3.58. The number of likely N-dealkylation sites (tertiary alicyclic amines) is 2. The Bertz CT molecular complexity index is 554. The van der Waals surface area contributed by atoms with Gasteiger partial charge < -0.3 is 9.80 Å². The number of nitrogens with zero attached hydrogens (tertiary/aromatic N) is 2. The molecule has 2 fully saturated rings. The van der Waals surface area contributed by atoms with Crippen LogP contribution >= 0.6 is 22.6 Å². The maximum Gasteiger partial charge on any atom is 0.254 e. The minimum absolute atomic E-state index is 0.238. The van der Waals surface area contributed by atoms with Crippen molar-refractivity contribution in [3.05, 3.63) is 34.9 Å². The van der Waals surface area contributed by atoms with E-state index < -0.39 is 0 Å². The molecule has 3 rings (SSSR count). The molecule has 126 valence electrons. The van der Waals surface area contributed by atoms with E-state index in [1.54, 1.807) is 0 Å². The van der Waals surface area contributed by atoms with Crippen molar-refractivity contribution < 1.29 is 4.79 Å². The van der Waals surface area contributed by atoms with Gasteiger partial charge in [0.15, 0.2) is 0 Å². The summed E-state index contributed by atoms with van der Waals surface area (Å²) < 4.78 is 1.22. The largest absolute Gasteiger partial charge is 0.338 e. The number of alkyl halides is 1. The van der Waals surface area contributed by atoms with Crippen LogP contribution in [0.1, 0.15) is 28.4 Å². The molecule has 2 aliphatic rings. The molecule has 0 spiro atoms. The summed E-state index contributed by atoms with van der Waals surface area (Å²) in [7, 11) is 0. The molecular weight excluding hydrogens is 399 g/mol. The lowest BCUT2D eigenvalue weighted by Crippen LogP contribution is -2.35. The zero-order valence-electron chi connectivity index (χ0n) is 14.4. The number of fused-ring (bicyclic) bond motifs is 1. The van der Waals surface area contributed by atoms with E-state index in [0.29, 0.717) is 11.8 Å². The fourth-order valence-electron chi connectivity index (χ4n) is 4.20. The van der Waals surface area contributed by atoms with Crippen LogP contribution < -0.4 is 0 Å². The topological polar surface area (TPSA) is 23.6 Å². The summed E-state index contributed by atoms with van der Waals surface area (Å²) in [5.74, 6) is 2.35. The number of halogens is 1. The number of benzene rings is 1. The molecule has 0 aromatic heterocycles. The molecule has 0 radical (unpaired) electrons. The predicted octanol–water partition coefficient (Wildman–Crippen LogP) is 3.38. The second-order valence-corrected chi connectivity index (χ2v) is 8.36. The summed E-state index contributed by atoms with van der Waals surface area (Å²) >= 11 is 2.48. The molecule has 0 N–H and O–H groups in total. The van der Waals surface area contributed by atoms with E-state index in [2.05, 4.69) is 39.3 Å². The second-order valence-electron chi connectivity index (χ2n) is 7.48. The van der Waals surface area contributed by atoms with Crippen LogP contribution in [0.3, 0.4) is 0 Å². The van der Waals surface area contributed by atoms with Crippen LogP contribution in [0, 0.1) is 31.6 Å². The Morgan fingerprint density at radius 3 is 2.26 bits per heavy atom. The van der Waals surface area contributed by atoms with E-state index in [-0.39, 0.29) is 5.91 Å². The number of rotatable bonds is 4. The first-order chi connectivity index (χ1) is 11.0. The van der Waals surface area contributed by atoms with Gasteiger partial charge in [0.1, 0.15) is 0 Å². The minimum Gasteiger partial charge on any atom is -0.338 e. The van der Waals surface area contributed by atoms with Gasteiger partial charge in [-0.25, -0.2) is 0 Å². The molecule has 2 saturated heterocycles. The van der Waals surface area contributed by atoms with E-state index in [1.165, 1.54) is 24.1 Å². The van der Waals surface area contributed by atoms with Gasteiger partial charge in [-0.15, -0.1) is 0 Å². The number of carbonyl (C=O) groups is 1. The number of carbonyl (C=O) groups excluding carboxylic acids is 1. The van der Waals surface area contributed by atoms with Crippen LogP contribution in [0.5, 0.6) is 0 Å². The Labute approximate surface area is 153 Å². The molecule has 2 aliphatic heterocycles. The molecule has 1 aromatic carbocycles. The first-order valence-corrected chi connectivity index (χ1v) is 10.2. The van der Waals surface area contributed by atoms with Crippen molar-refractivity contribution in [2.75, 3.05) is 37.2 Å². The lowest BCUT2D eigenvalue weighted by atomic mass is 10.0. The third-order valence-electron chi connectivity index (χ3n) is 5.38. The van der Waals surface area contributed by atoms with E-state index in [1.807, 2.05) is 32.0 Å². The Balaban J connectivity index is 1.63. The lowest BCUT2D eigenvalue weighted by molar-refractivity contribution is 0.0771. The molecule has 0 saturated carbocycles. The molecule has 0 aliphatic carbocycles. The van der Waals surface area contributed by atoms with Crippen molar-refractivity contribution in [1.29, 1.82) is 0 Å². The fraction of sp³-hybridized carbons (Fsp3) is 0.632. The number of hydrogen-bond acceptors (Lipinski definition) is 2. The standard InChI is InChI=1S/C19H27IN2O/c1-13(7-20)8-21-9-16-11-22(12-17(16)10-21)19(23)18-14(2)5-4-6-15(18)3/h4-6,13,16-17H,7-12H2,1-3H3. The monoisotopic (exact) mass is 426 g/mol. The second kappa shape index (κ2) is 7.09. The van der Waals surface area contributed by atoms with Crippen molar-refractivity contribution >= 4 is 28.5 Å². The van der Waals surface area contributed by atoms with Gasteiger partial charge >= 0.3 is 0 Å². The van der Waals surface area contributed by atoms with Crippen molar-refractivity contribution in [3.63, 3.8) is 0 Å². The highest BCUT2D eigenvalue weighted by atomic mass is 127. The Morgan fingerprint density at radius 1 is 1.17 bits per heavy atom.